The first-order chi connectivity index (χ1) is 7.76. The number of carboxylic acid groups (broad SMARTS) is 1. The van der Waals surface area contributed by atoms with E-state index < -0.39 is 17.4 Å². The summed E-state index contributed by atoms with van der Waals surface area (Å²) < 4.78 is 0. The third kappa shape index (κ3) is 2.95. The highest BCUT2D eigenvalue weighted by Gasteiger charge is 2.42. The minimum absolute atomic E-state index is 0.199. The number of nitrogens with one attached hydrogen (secondary N) is 1. The number of hydrogen-bond acceptors (Lipinski definition) is 3. The molecule has 0 bridgehead atoms. The molecule has 0 aromatic rings. The number of carbonyl (C=O) groups is 3. The summed E-state index contributed by atoms with van der Waals surface area (Å²) in [6.45, 7) is 5.19. The maximum atomic E-state index is 11.9. The minimum atomic E-state index is -0.889. The zero-order valence-electron chi connectivity index (χ0n) is 10.3. The fourth-order valence-electron chi connectivity index (χ4n) is 1.96. The van der Waals surface area contributed by atoms with E-state index in [0.29, 0.717) is 13.0 Å². The van der Waals surface area contributed by atoms with Gasteiger partial charge in [-0.2, -0.15) is 0 Å². The van der Waals surface area contributed by atoms with Crippen LogP contribution in [0.2, 0.25) is 0 Å². The predicted octanol–water partition coefficient (Wildman–Crippen LogP) is -0.166. The molecule has 1 aliphatic heterocycles. The van der Waals surface area contributed by atoms with Crippen LogP contribution in [0, 0.1) is 5.41 Å². The molecule has 1 fully saturated rings. The number of carbonyl (C=O) groups excluding carboxylic acids is 2. The molecule has 0 saturated carbocycles. The maximum absolute atomic E-state index is 11.9. The summed E-state index contributed by atoms with van der Waals surface area (Å²) in [6.07, 6.45) is 0.445. The quantitative estimate of drug-likeness (QED) is 0.719. The normalized spacial score (nSPS) is 25.5. The Morgan fingerprint density at radius 3 is 2.41 bits per heavy atom. The Labute approximate surface area is 100.0 Å². The molecule has 2 N–H and O–H groups in total. The lowest BCUT2D eigenvalue weighted by molar-refractivity contribution is -0.147. The molecule has 1 aliphatic rings. The van der Waals surface area contributed by atoms with Crippen LogP contribution in [0.15, 0.2) is 0 Å². The largest absolute Gasteiger partial charge is 0.481 e. The van der Waals surface area contributed by atoms with Crippen LogP contribution in [-0.2, 0) is 14.4 Å². The van der Waals surface area contributed by atoms with Crippen LogP contribution in [0.5, 0.6) is 0 Å². The SMILES string of the molecule is CC(=O)N[C@H](C)C(=O)N1CC[C@](C)(C(=O)O)C1. The van der Waals surface area contributed by atoms with Gasteiger partial charge in [0.1, 0.15) is 6.04 Å². The van der Waals surface area contributed by atoms with E-state index in [9.17, 15) is 14.4 Å². The van der Waals surface area contributed by atoms with E-state index in [1.165, 1.54) is 11.8 Å². The van der Waals surface area contributed by atoms with Gasteiger partial charge in [0.2, 0.25) is 11.8 Å². The van der Waals surface area contributed by atoms with Crippen LogP contribution < -0.4 is 5.32 Å². The van der Waals surface area contributed by atoms with E-state index in [4.69, 9.17) is 5.11 Å². The van der Waals surface area contributed by atoms with E-state index >= 15 is 0 Å². The van der Waals surface area contributed by atoms with E-state index in [1.807, 2.05) is 0 Å². The zero-order valence-corrected chi connectivity index (χ0v) is 10.3. The number of aliphatic carboxylic acids is 1. The lowest BCUT2D eigenvalue weighted by Gasteiger charge is -2.23. The van der Waals surface area contributed by atoms with Gasteiger partial charge in [-0.05, 0) is 20.3 Å². The smallest absolute Gasteiger partial charge is 0.311 e. The lowest BCUT2D eigenvalue weighted by atomic mass is 9.90. The summed E-state index contributed by atoms with van der Waals surface area (Å²) in [5, 5.41) is 11.5. The van der Waals surface area contributed by atoms with Gasteiger partial charge in [-0.25, -0.2) is 0 Å². The van der Waals surface area contributed by atoms with Crippen molar-refractivity contribution in [3.63, 3.8) is 0 Å². The molecule has 17 heavy (non-hydrogen) atoms. The molecular formula is C11H18N2O4. The van der Waals surface area contributed by atoms with Crippen LogP contribution in [0.3, 0.4) is 0 Å². The van der Waals surface area contributed by atoms with Crippen LogP contribution >= 0.6 is 0 Å². The van der Waals surface area contributed by atoms with E-state index in [0.717, 1.165) is 0 Å². The van der Waals surface area contributed by atoms with Gasteiger partial charge in [-0.1, -0.05) is 0 Å². The summed E-state index contributed by atoms with van der Waals surface area (Å²) >= 11 is 0. The molecule has 6 nitrogen and oxygen atoms in total. The standard InChI is InChI=1S/C11H18N2O4/c1-7(12-8(2)14)9(15)13-5-4-11(3,6-13)10(16)17/h7H,4-6H2,1-3H3,(H,12,14)(H,16,17)/t7-,11+/m1/s1. The third-order valence-corrected chi connectivity index (χ3v) is 3.09. The van der Waals surface area contributed by atoms with Crippen molar-refractivity contribution in [1.29, 1.82) is 0 Å². The second kappa shape index (κ2) is 4.73. The van der Waals surface area contributed by atoms with Crippen LogP contribution in [0.4, 0.5) is 0 Å². The minimum Gasteiger partial charge on any atom is -0.481 e. The molecule has 96 valence electrons. The van der Waals surface area contributed by atoms with Crippen LogP contribution in [-0.4, -0.2) is 46.9 Å². The monoisotopic (exact) mass is 242 g/mol. The number of amides is 2. The average Bonchev–Trinajstić information content (AvgIpc) is 2.60. The van der Waals surface area contributed by atoms with E-state index in [1.54, 1.807) is 13.8 Å². The molecule has 0 aromatic heterocycles. The van der Waals surface area contributed by atoms with E-state index in [-0.39, 0.29) is 18.4 Å². The van der Waals surface area contributed by atoms with Gasteiger partial charge in [0.25, 0.3) is 0 Å². The molecule has 0 spiro atoms. The average molecular weight is 242 g/mol. The number of nitrogens with zero attached hydrogens (tertiary/aromatic N) is 1. The van der Waals surface area contributed by atoms with Crippen molar-refractivity contribution < 1.29 is 19.5 Å². The Balaban J connectivity index is 2.62. The molecule has 1 heterocycles. The highest BCUT2D eigenvalue weighted by molar-refractivity contribution is 5.87. The van der Waals surface area contributed by atoms with Gasteiger partial charge in [0.15, 0.2) is 0 Å². The Morgan fingerprint density at radius 2 is 2.00 bits per heavy atom. The fraction of sp³-hybridized carbons (Fsp3) is 0.727. The summed E-state index contributed by atoms with van der Waals surface area (Å²) in [6, 6.07) is -0.608. The summed E-state index contributed by atoms with van der Waals surface area (Å²) in [5.74, 6) is -1.39. The first kappa shape index (κ1) is 13.5. The molecule has 0 aliphatic carbocycles. The molecule has 0 aromatic carbocycles. The molecule has 1 rings (SSSR count). The Bertz CT molecular complexity index is 355. The molecular weight excluding hydrogens is 224 g/mol. The van der Waals surface area contributed by atoms with Crippen LogP contribution in [0.1, 0.15) is 27.2 Å². The fourth-order valence-corrected chi connectivity index (χ4v) is 1.96. The Morgan fingerprint density at radius 1 is 1.41 bits per heavy atom. The third-order valence-electron chi connectivity index (χ3n) is 3.09. The predicted molar refractivity (Wildman–Crippen MR) is 60.2 cm³/mol. The van der Waals surface area contributed by atoms with Gasteiger partial charge >= 0.3 is 5.97 Å². The van der Waals surface area contributed by atoms with Crippen molar-refractivity contribution >= 4 is 17.8 Å². The summed E-state index contributed by atoms with van der Waals surface area (Å²) in [7, 11) is 0. The molecule has 2 amide bonds. The Kier molecular flexibility index (Phi) is 3.75. The molecule has 6 heteroatoms. The van der Waals surface area contributed by atoms with Gasteiger partial charge in [0.05, 0.1) is 5.41 Å². The van der Waals surface area contributed by atoms with Crippen molar-refractivity contribution in [2.45, 2.75) is 33.2 Å². The number of hydrogen-bond donors (Lipinski definition) is 2. The van der Waals surface area contributed by atoms with Gasteiger partial charge in [-0.15, -0.1) is 0 Å². The van der Waals surface area contributed by atoms with Gasteiger partial charge < -0.3 is 15.3 Å². The molecule has 1 saturated heterocycles. The second-order valence-corrected chi connectivity index (χ2v) is 4.80. The molecule has 2 atom stereocenters. The number of carboxylic acids is 1. The second-order valence-electron chi connectivity index (χ2n) is 4.80. The van der Waals surface area contributed by atoms with Crippen molar-refractivity contribution in [3.05, 3.63) is 0 Å². The Hall–Kier alpha value is -1.59. The molecule has 0 radical (unpaired) electrons. The summed E-state index contributed by atoms with van der Waals surface area (Å²) in [5.41, 5.74) is -0.869. The lowest BCUT2D eigenvalue weighted by Crippen LogP contribution is -2.46. The highest BCUT2D eigenvalue weighted by atomic mass is 16.4. The van der Waals surface area contributed by atoms with Crippen LogP contribution in [0.25, 0.3) is 0 Å². The topological polar surface area (TPSA) is 86.7 Å². The zero-order chi connectivity index (χ0) is 13.2. The van der Waals surface area contributed by atoms with Crippen molar-refractivity contribution in [2.75, 3.05) is 13.1 Å². The highest BCUT2D eigenvalue weighted by Crippen LogP contribution is 2.30. The van der Waals surface area contributed by atoms with Crippen molar-refractivity contribution in [1.82, 2.24) is 10.2 Å². The first-order valence-corrected chi connectivity index (χ1v) is 5.55. The number of rotatable bonds is 3. The molecule has 0 unspecified atom stereocenters. The van der Waals surface area contributed by atoms with Gasteiger partial charge in [-0.3, -0.25) is 14.4 Å². The van der Waals surface area contributed by atoms with Crippen molar-refractivity contribution in [3.8, 4) is 0 Å². The number of likely N-dealkylation sites (tertiary alicyclic amines) is 1. The van der Waals surface area contributed by atoms with Crippen molar-refractivity contribution in [2.24, 2.45) is 5.41 Å². The van der Waals surface area contributed by atoms with Gasteiger partial charge in [0, 0.05) is 20.0 Å². The summed E-state index contributed by atoms with van der Waals surface area (Å²) in [4.78, 5) is 35.3. The van der Waals surface area contributed by atoms with E-state index in [2.05, 4.69) is 5.32 Å². The first-order valence-electron chi connectivity index (χ1n) is 5.55. The maximum Gasteiger partial charge on any atom is 0.311 e.